The molecule has 0 radical (unpaired) electrons. The predicted octanol–water partition coefficient (Wildman–Crippen LogP) is 4.70. The second kappa shape index (κ2) is 6.48. The van der Waals surface area contributed by atoms with E-state index < -0.39 is 0 Å². The highest BCUT2D eigenvalue weighted by Crippen LogP contribution is 2.20. The van der Waals surface area contributed by atoms with Gasteiger partial charge in [0, 0.05) is 16.5 Å². The van der Waals surface area contributed by atoms with E-state index in [1.54, 1.807) is 6.07 Å². The Morgan fingerprint density at radius 1 is 1.11 bits per heavy atom. The van der Waals surface area contributed by atoms with Crippen molar-refractivity contribution in [3.05, 3.63) is 50.8 Å². The molecule has 0 spiro atoms. The van der Waals surface area contributed by atoms with Crippen molar-refractivity contribution in [2.75, 3.05) is 0 Å². The maximum absolute atomic E-state index is 5.71. The van der Waals surface area contributed by atoms with E-state index in [1.165, 1.54) is 0 Å². The smallest absolute Gasteiger partial charge is 0.218 e. The van der Waals surface area contributed by atoms with Crippen LogP contribution in [-0.2, 0) is 6.61 Å². The molecule has 19 heavy (non-hydrogen) atoms. The van der Waals surface area contributed by atoms with Gasteiger partial charge in [-0.05, 0) is 33.6 Å². The van der Waals surface area contributed by atoms with Gasteiger partial charge in [0.15, 0.2) is 0 Å². The van der Waals surface area contributed by atoms with E-state index in [0.717, 1.165) is 20.5 Å². The van der Waals surface area contributed by atoms with Crippen LogP contribution in [0.4, 0.5) is 0 Å². The van der Waals surface area contributed by atoms with Crippen molar-refractivity contribution in [3.63, 3.8) is 0 Å². The van der Waals surface area contributed by atoms with Crippen LogP contribution in [0.15, 0.2) is 39.4 Å². The summed E-state index contributed by atoms with van der Waals surface area (Å²) < 4.78 is 7.51. The Balaban J connectivity index is 2.08. The molecule has 0 aliphatic rings. The number of rotatable bonds is 4. The molecule has 3 nitrogen and oxygen atoms in total. The molecule has 100 valence electrons. The highest BCUT2D eigenvalue weighted by atomic mass is 79.9. The van der Waals surface area contributed by atoms with E-state index in [0.29, 0.717) is 12.5 Å². The van der Waals surface area contributed by atoms with Gasteiger partial charge in [-0.25, -0.2) is 4.98 Å². The lowest BCUT2D eigenvalue weighted by molar-refractivity contribution is 0.291. The third kappa shape index (κ3) is 4.28. The molecular weight excluding hydrogens is 372 g/mol. The van der Waals surface area contributed by atoms with Crippen molar-refractivity contribution in [3.8, 4) is 5.88 Å². The van der Waals surface area contributed by atoms with Gasteiger partial charge in [-0.2, -0.15) is 4.98 Å². The zero-order chi connectivity index (χ0) is 13.8. The summed E-state index contributed by atoms with van der Waals surface area (Å²) in [6.45, 7) is 4.61. The van der Waals surface area contributed by atoms with Gasteiger partial charge < -0.3 is 4.74 Å². The first-order valence-electron chi connectivity index (χ1n) is 5.96. The van der Waals surface area contributed by atoms with Crippen LogP contribution >= 0.6 is 31.9 Å². The maximum atomic E-state index is 5.71. The monoisotopic (exact) mass is 384 g/mol. The van der Waals surface area contributed by atoms with Gasteiger partial charge in [-0.1, -0.05) is 41.9 Å². The van der Waals surface area contributed by atoms with Crippen molar-refractivity contribution in [2.24, 2.45) is 0 Å². The second-order valence-electron chi connectivity index (χ2n) is 4.46. The van der Waals surface area contributed by atoms with E-state index in [4.69, 9.17) is 4.74 Å². The maximum Gasteiger partial charge on any atom is 0.218 e. The highest BCUT2D eigenvalue weighted by Gasteiger charge is 2.07. The summed E-state index contributed by atoms with van der Waals surface area (Å²) >= 11 is 6.79. The van der Waals surface area contributed by atoms with E-state index >= 15 is 0 Å². The molecule has 0 fully saturated rings. The summed E-state index contributed by atoms with van der Waals surface area (Å²) in [5.74, 6) is 1.64. The Morgan fingerprint density at radius 2 is 1.79 bits per heavy atom. The molecule has 0 aliphatic carbocycles. The van der Waals surface area contributed by atoms with Crippen LogP contribution in [0.2, 0.25) is 0 Å². The number of halogens is 2. The van der Waals surface area contributed by atoms with Gasteiger partial charge in [-0.15, -0.1) is 0 Å². The van der Waals surface area contributed by atoms with Gasteiger partial charge >= 0.3 is 0 Å². The fourth-order valence-corrected chi connectivity index (χ4v) is 2.13. The largest absolute Gasteiger partial charge is 0.473 e. The first-order valence-corrected chi connectivity index (χ1v) is 7.55. The summed E-state index contributed by atoms with van der Waals surface area (Å²) in [5.41, 5.74) is 1.10. The Bertz CT molecular complexity index is 556. The van der Waals surface area contributed by atoms with Crippen molar-refractivity contribution >= 4 is 31.9 Å². The number of nitrogens with zero attached hydrogens (tertiary/aromatic N) is 2. The van der Waals surface area contributed by atoms with Crippen molar-refractivity contribution in [1.82, 2.24) is 9.97 Å². The zero-order valence-corrected chi connectivity index (χ0v) is 13.9. The summed E-state index contributed by atoms with van der Waals surface area (Å²) in [5, 5.41) is 0. The molecule has 0 bridgehead atoms. The van der Waals surface area contributed by atoms with Gasteiger partial charge in [0.2, 0.25) is 5.88 Å². The number of hydrogen-bond acceptors (Lipinski definition) is 3. The second-order valence-corrected chi connectivity index (χ2v) is 6.19. The summed E-state index contributed by atoms with van der Waals surface area (Å²) in [7, 11) is 0. The topological polar surface area (TPSA) is 35.0 Å². The third-order valence-electron chi connectivity index (χ3n) is 2.51. The summed E-state index contributed by atoms with van der Waals surface area (Å²) in [6.07, 6.45) is 0. The molecule has 1 aromatic carbocycles. The van der Waals surface area contributed by atoms with Gasteiger partial charge in [0.1, 0.15) is 17.0 Å². The molecule has 0 saturated heterocycles. The molecule has 1 aromatic heterocycles. The van der Waals surface area contributed by atoms with Crippen molar-refractivity contribution < 1.29 is 4.74 Å². The first kappa shape index (κ1) is 14.5. The molecule has 2 rings (SSSR count). The minimum Gasteiger partial charge on any atom is -0.473 e. The van der Waals surface area contributed by atoms with Crippen molar-refractivity contribution in [1.29, 1.82) is 0 Å². The number of aromatic nitrogens is 2. The number of ether oxygens (including phenoxy) is 1. The summed E-state index contributed by atoms with van der Waals surface area (Å²) in [6, 6.07) is 9.81. The minimum atomic E-state index is 0.271. The van der Waals surface area contributed by atoms with Crippen LogP contribution in [0, 0.1) is 0 Å². The lowest BCUT2D eigenvalue weighted by Gasteiger charge is -2.09. The Hall–Kier alpha value is -0.940. The zero-order valence-electron chi connectivity index (χ0n) is 10.7. The molecule has 0 atom stereocenters. The Labute approximate surface area is 129 Å². The molecule has 0 aliphatic heterocycles. The molecule has 0 N–H and O–H groups in total. The lowest BCUT2D eigenvalue weighted by Crippen LogP contribution is -2.03. The number of benzene rings is 1. The molecule has 5 heteroatoms. The van der Waals surface area contributed by atoms with Crippen LogP contribution in [-0.4, -0.2) is 9.97 Å². The SMILES string of the molecule is CC(C)c1nc(Br)cc(OCc2ccc(Br)cc2)n1. The predicted molar refractivity (Wildman–Crippen MR) is 82.3 cm³/mol. The van der Waals surface area contributed by atoms with Gasteiger partial charge in [-0.3, -0.25) is 0 Å². The van der Waals surface area contributed by atoms with E-state index in [1.807, 2.05) is 24.3 Å². The average Bonchev–Trinajstić information content (AvgIpc) is 2.37. The fourth-order valence-electron chi connectivity index (χ4n) is 1.48. The van der Waals surface area contributed by atoms with E-state index in [2.05, 4.69) is 55.7 Å². The van der Waals surface area contributed by atoms with Crippen LogP contribution in [0.5, 0.6) is 5.88 Å². The van der Waals surface area contributed by atoms with Gasteiger partial charge in [0.25, 0.3) is 0 Å². The quantitative estimate of drug-likeness (QED) is 0.715. The first-order chi connectivity index (χ1) is 9.04. The Morgan fingerprint density at radius 3 is 2.42 bits per heavy atom. The molecule has 0 unspecified atom stereocenters. The lowest BCUT2D eigenvalue weighted by atomic mass is 10.2. The molecule has 1 heterocycles. The Kier molecular flexibility index (Phi) is 4.93. The van der Waals surface area contributed by atoms with E-state index in [9.17, 15) is 0 Å². The van der Waals surface area contributed by atoms with Crippen LogP contribution in [0.3, 0.4) is 0 Å². The van der Waals surface area contributed by atoms with Gasteiger partial charge in [0.05, 0.1) is 0 Å². The normalized spacial score (nSPS) is 10.8. The highest BCUT2D eigenvalue weighted by molar-refractivity contribution is 9.10. The minimum absolute atomic E-state index is 0.271. The standard InChI is InChI=1S/C14H14Br2N2O/c1-9(2)14-17-12(16)7-13(18-14)19-8-10-3-5-11(15)6-4-10/h3-7,9H,8H2,1-2H3. The number of hydrogen-bond donors (Lipinski definition) is 0. The average molecular weight is 386 g/mol. The van der Waals surface area contributed by atoms with Crippen LogP contribution in [0.25, 0.3) is 0 Å². The molecule has 0 saturated carbocycles. The fraction of sp³-hybridized carbons (Fsp3) is 0.286. The van der Waals surface area contributed by atoms with Crippen molar-refractivity contribution in [2.45, 2.75) is 26.4 Å². The van der Waals surface area contributed by atoms with Crippen LogP contribution in [0.1, 0.15) is 31.2 Å². The third-order valence-corrected chi connectivity index (χ3v) is 3.44. The molecular formula is C14H14Br2N2O. The van der Waals surface area contributed by atoms with E-state index in [-0.39, 0.29) is 5.92 Å². The van der Waals surface area contributed by atoms with Crippen LogP contribution < -0.4 is 4.74 Å². The summed E-state index contributed by atoms with van der Waals surface area (Å²) in [4.78, 5) is 8.71. The molecule has 2 aromatic rings. The molecule has 0 amide bonds.